The molecule has 0 spiro atoms. The van der Waals surface area contributed by atoms with E-state index in [4.69, 9.17) is 9.47 Å². The molecule has 2 aliphatic heterocycles. The number of fused-ring (bicyclic) bond motifs is 2. The number of ether oxygens (including phenoxy) is 2. The van der Waals surface area contributed by atoms with E-state index in [-0.39, 0.29) is 0 Å². The number of rotatable bonds is 2. The normalized spacial score (nSPS) is 25.4. The summed E-state index contributed by atoms with van der Waals surface area (Å²) in [7, 11) is 0. The number of aliphatic hydroxyl groups is 1. The van der Waals surface area contributed by atoms with Gasteiger partial charge >= 0.3 is 0 Å². The standard InChI is InChI=1S/C23H27NO3/c1-16-5-6-20-18(15-16)7-10-23(20,25)24-11-8-17(9-12-24)19-3-2-4-21-22(19)27-14-13-26-21/h2-6,15,17,25H,7-14H2,1H3. The zero-order chi connectivity index (χ0) is 18.4. The van der Waals surface area contributed by atoms with E-state index in [1.165, 1.54) is 16.7 Å². The fraction of sp³-hybridized carbons (Fsp3) is 0.478. The minimum Gasteiger partial charge on any atom is -0.486 e. The molecule has 1 N–H and O–H groups in total. The van der Waals surface area contributed by atoms with E-state index >= 15 is 0 Å². The Labute approximate surface area is 160 Å². The van der Waals surface area contributed by atoms with Gasteiger partial charge in [0.2, 0.25) is 0 Å². The highest BCUT2D eigenvalue weighted by Crippen LogP contribution is 2.45. The Balaban J connectivity index is 1.35. The average molecular weight is 365 g/mol. The summed E-state index contributed by atoms with van der Waals surface area (Å²) in [5, 5.41) is 11.5. The van der Waals surface area contributed by atoms with Gasteiger partial charge in [-0.3, -0.25) is 4.90 Å². The molecule has 2 aromatic rings. The Hall–Kier alpha value is -2.04. The van der Waals surface area contributed by atoms with Gasteiger partial charge in [-0.2, -0.15) is 0 Å². The van der Waals surface area contributed by atoms with Crippen LogP contribution in [0.2, 0.25) is 0 Å². The van der Waals surface area contributed by atoms with Gasteiger partial charge in [0.1, 0.15) is 18.9 Å². The second kappa shape index (κ2) is 6.54. The van der Waals surface area contributed by atoms with Crippen molar-refractivity contribution in [3.8, 4) is 11.5 Å². The molecule has 0 radical (unpaired) electrons. The van der Waals surface area contributed by atoms with Crippen LogP contribution in [0.3, 0.4) is 0 Å². The molecule has 1 atom stereocenters. The number of aryl methyl sites for hydroxylation is 2. The summed E-state index contributed by atoms with van der Waals surface area (Å²) >= 11 is 0. The first-order chi connectivity index (χ1) is 13.1. The topological polar surface area (TPSA) is 41.9 Å². The van der Waals surface area contributed by atoms with Gasteiger partial charge in [0, 0.05) is 24.2 Å². The van der Waals surface area contributed by atoms with Crippen LogP contribution in [-0.2, 0) is 12.1 Å². The van der Waals surface area contributed by atoms with Crippen LogP contribution in [0.25, 0.3) is 0 Å². The zero-order valence-corrected chi connectivity index (χ0v) is 15.9. The minimum atomic E-state index is -0.802. The number of piperidine rings is 1. The smallest absolute Gasteiger partial charge is 0.164 e. The summed E-state index contributed by atoms with van der Waals surface area (Å²) in [4.78, 5) is 2.29. The van der Waals surface area contributed by atoms with Crippen LogP contribution >= 0.6 is 0 Å². The SMILES string of the molecule is Cc1ccc2c(c1)CCC2(O)N1CCC(c2cccc3c2OCCO3)CC1. The number of hydrogen-bond acceptors (Lipinski definition) is 4. The van der Waals surface area contributed by atoms with Crippen molar-refractivity contribution < 1.29 is 14.6 Å². The Bertz CT molecular complexity index is 857. The molecule has 0 aromatic heterocycles. The van der Waals surface area contributed by atoms with E-state index in [2.05, 4.69) is 42.2 Å². The van der Waals surface area contributed by atoms with Crippen molar-refractivity contribution in [3.63, 3.8) is 0 Å². The fourth-order valence-corrected chi connectivity index (χ4v) is 5.07. The van der Waals surface area contributed by atoms with Crippen molar-refractivity contribution in [2.75, 3.05) is 26.3 Å². The van der Waals surface area contributed by atoms with Crippen molar-refractivity contribution in [1.29, 1.82) is 0 Å². The predicted octanol–water partition coefficient (Wildman–Crippen LogP) is 3.74. The summed E-state index contributed by atoms with van der Waals surface area (Å²) in [5.74, 6) is 2.27. The van der Waals surface area contributed by atoms with E-state index in [1.807, 2.05) is 6.07 Å². The zero-order valence-electron chi connectivity index (χ0n) is 15.9. The Morgan fingerprint density at radius 3 is 2.74 bits per heavy atom. The van der Waals surface area contributed by atoms with Gasteiger partial charge < -0.3 is 14.6 Å². The molecule has 0 amide bonds. The molecule has 2 heterocycles. The Morgan fingerprint density at radius 1 is 1.07 bits per heavy atom. The highest BCUT2D eigenvalue weighted by Gasteiger charge is 2.43. The Morgan fingerprint density at radius 2 is 1.89 bits per heavy atom. The van der Waals surface area contributed by atoms with Crippen LogP contribution in [-0.4, -0.2) is 36.3 Å². The van der Waals surface area contributed by atoms with Crippen LogP contribution in [0.5, 0.6) is 11.5 Å². The molecule has 4 nitrogen and oxygen atoms in total. The number of benzene rings is 2. The summed E-state index contributed by atoms with van der Waals surface area (Å²) in [5.41, 5.74) is 4.15. The van der Waals surface area contributed by atoms with Crippen molar-refractivity contribution in [2.24, 2.45) is 0 Å². The van der Waals surface area contributed by atoms with E-state index in [9.17, 15) is 5.11 Å². The maximum atomic E-state index is 11.5. The highest BCUT2D eigenvalue weighted by atomic mass is 16.6. The summed E-state index contributed by atoms with van der Waals surface area (Å²) < 4.78 is 11.7. The summed E-state index contributed by atoms with van der Waals surface area (Å²) in [6.07, 6.45) is 3.82. The van der Waals surface area contributed by atoms with Crippen LogP contribution < -0.4 is 9.47 Å². The molecule has 27 heavy (non-hydrogen) atoms. The first-order valence-electron chi connectivity index (χ1n) is 10.1. The van der Waals surface area contributed by atoms with Crippen molar-refractivity contribution >= 4 is 0 Å². The molecule has 1 fully saturated rings. The van der Waals surface area contributed by atoms with Gasteiger partial charge in [-0.25, -0.2) is 0 Å². The van der Waals surface area contributed by atoms with Gasteiger partial charge in [0.05, 0.1) is 0 Å². The second-order valence-corrected chi connectivity index (χ2v) is 8.11. The molecule has 1 saturated heterocycles. The molecule has 4 heteroatoms. The largest absolute Gasteiger partial charge is 0.486 e. The van der Waals surface area contributed by atoms with E-state index in [0.717, 1.165) is 55.8 Å². The molecule has 3 aliphatic rings. The summed E-state index contributed by atoms with van der Waals surface area (Å²) in [6.45, 7) is 5.17. The molecule has 1 unspecified atom stereocenters. The molecule has 142 valence electrons. The number of hydrogen-bond donors (Lipinski definition) is 1. The predicted molar refractivity (Wildman–Crippen MR) is 104 cm³/mol. The quantitative estimate of drug-likeness (QED) is 0.880. The third-order valence-electron chi connectivity index (χ3n) is 6.49. The second-order valence-electron chi connectivity index (χ2n) is 8.11. The number of para-hydroxylation sites is 1. The third-order valence-corrected chi connectivity index (χ3v) is 6.49. The first kappa shape index (κ1) is 17.1. The third kappa shape index (κ3) is 2.82. The lowest BCUT2D eigenvalue weighted by molar-refractivity contribution is -0.123. The van der Waals surface area contributed by atoms with E-state index < -0.39 is 5.72 Å². The van der Waals surface area contributed by atoms with Crippen LogP contribution in [0, 0.1) is 6.92 Å². The average Bonchev–Trinajstić information content (AvgIpc) is 3.05. The maximum absolute atomic E-state index is 11.5. The van der Waals surface area contributed by atoms with Gasteiger partial charge in [-0.1, -0.05) is 35.9 Å². The van der Waals surface area contributed by atoms with Crippen molar-refractivity contribution in [3.05, 3.63) is 58.7 Å². The van der Waals surface area contributed by atoms with Crippen molar-refractivity contribution in [1.82, 2.24) is 4.90 Å². The van der Waals surface area contributed by atoms with Crippen molar-refractivity contribution in [2.45, 2.75) is 44.2 Å². The van der Waals surface area contributed by atoms with Gasteiger partial charge in [0.25, 0.3) is 0 Å². The van der Waals surface area contributed by atoms with Crippen LogP contribution in [0.4, 0.5) is 0 Å². The lowest BCUT2D eigenvalue weighted by Gasteiger charge is -2.42. The van der Waals surface area contributed by atoms with Gasteiger partial charge in [-0.15, -0.1) is 0 Å². The fourth-order valence-electron chi connectivity index (χ4n) is 5.07. The van der Waals surface area contributed by atoms with E-state index in [1.54, 1.807) is 0 Å². The maximum Gasteiger partial charge on any atom is 0.164 e. The first-order valence-corrected chi connectivity index (χ1v) is 10.1. The summed E-state index contributed by atoms with van der Waals surface area (Å²) in [6, 6.07) is 12.7. The molecule has 5 rings (SSSR count). The number of nitrogens with zero attached hydrogens (tertiary/aromatic N) is 1. The number of likely N-dealkylation sites (tertiary alicyclic amines) is 1. The lowest BCUT2D eigenvalue weighted by Crippen LogP contribution is -2.48. The van der Waals surface area contributed by atoms with E-state index in [0.29, 0.717) is 19.1 Å². The molecular weight excluding hydrogens is 338 g/mol. The minimum absolute atomic E-state index is 0.459. The molecule has 2 aromatic carbocycles. The molecule has 1 aliphatic carbocycles. The van der Waals surface area contributed by atoms with Crippen LogP contribution in [0.1, 0.15) is 47.4 Å². The molecule has 0 bridgehead atoms. The van der Waals surface area contributed by atoms with Gasteiger partial charge in [-0.05, 0) is 50.2 Å². The molecule has 0 saturated carbocycles. The van der Waals surface area contributed by atoms with Crippen LogP contribution in [0.15, 0.2) is 36.4 Å². The highest BCUT2D eigenvalue weighted by molar-refractivity contribution is 5.49. The monoisotopic (exact) mass is 365 g/mol. The molecular formula is C23H27NO3. The van der Waals surface area contributed by atoms with Gasteiger partial charge in [0.15, 0.2) is 11.5 Å². The Kier molecular flexibility index (Phi) is 4.14. The lowest BCUT2D eigenvalue weighted by atomic mass is 9.87.